The molecule has 0 saturated carbocycles. The summed E-state index contributed by atoms with van der Waals surface area (Å²) in [7, 11) is 0. The molecule has 0 atom stereocenters. The number of hydrogen-bond donors (Lipinski definition) is 1. The highest BCUT2D eigenvalue weighted by atomic mass is 16.1. The Bertz CT molecular complexity index is 525. The van der Waals surface area contributed by atoms with Crippen LogP contribution in [0.5, 0.6) is 0 Å². The zero-order chi connectivity index (χ0) is 12.3. The molecule has 17 heavy (non-hydrogen) atoms. The molecule has 0 bridgehead atoms. The SMILES string of the molecule is CCN(CC)c1n[nH]c(=O)n1-c1ccccc1. The van der Waals surface area contributed by atoms with Gasteiger partial charge in [-0.1, -0.05) is 18.2 Å². The van der Waals surface area contributed by atoms with E-state index in [-0.39, 0.29) is 5.69 Å². The molecule has 90 valence electrons. The highest BCUT2D eigenvalue weighted by Crippen LogP contribution is 2.13. The van der Waals surface area contributed by atoms with Gasteiger partial charge in [0.2, 0.25) is 5.95 Å². The molecule has 5 nitrogen and oxygen atoms in total. The van der Waals surface area contributed by atoms with Crippen LogP contribution in [0.3, 0.4) is 0 Å². The van der Waals surface area contributed by atoms with Crippen LogP contribution in [-0.4, -0.2) is 27.9 Å². The Balaban J connectivity index is 2.54. The van der Waals surface area contributed by atoms with Gasteiger partial charge in [-0.25, -0.2) is 14.5 Å². The standard InChI is InChI=1S/C12H16N4O/c1-3-15(4-2)11-13-14-12(17)16(11)10-8-6-5-7-9-10/h5-9H,3-4H2,1-2H3,(H,14,17). The Kier molecular flexibility index (Phi) is 3.27. The van der Waals surface area contributed by atoms with Gasteiger partial charge in [-0.3, -0.25) is 0 Å². The number of nitrogens with one attached hydrogen (secondary N) is 1. The van der Waals surface area contributed by atoms with Gasteiger partial charge in [-0.05, 0) is 26.0 Å². The lowest BCUT2D eigenvalue weighted by Crippen LogP contribution is -2.27. The molecular weight excluding hydrogens is 216 g/mol. The summed E-state index contributed by atoms with van der Waals surface area (Å²) in [5.74, 6) is 0.659. The van der Waals surface area contributed by atoms with E-state index in [0.29, 0.717) is 5.95 Å². The molecule has 0 aliphatic heterocycles. The molecule has 0 spiro atoms. The lowest BCUT2D eigenvalue weighted by molar-refractivity contribution is 0.801. The van der Waals surface area contributed by atoms with Crippen molar-refractivity contribution in [3.63, 3.8) is 0 Å². The quantitative estimate of drug-likeness (QED) is 0.867. The molecule has 0 fully saturated rings. The first-order valence-corrected chi connectivity index (χ1v) is 5.75. The molecule has 2 aromatic rings. The van der Waals surface area contributed by atoms with Crippen LogP contribution in [-0.2, 0) is 0 Å². The number of aromatic nitrogens is 3. The molecule has 2 rings (SSSR count). The first-order valence-electron chi connectivity index (χ1n) is 5.75. The van der Waals surface area contributed by atoms with Gasteiger partial charge >= 0.3 is 5.69 Å². The number of rotatable bonds is 4. The Labute approximate surface area is 99.7 Å². The van der Waals surface area contributed by atoms with Crippen LogP contribution >= 0.6 is 0 Å². The molecule has 0 aliphatic carbocycles. The number of para-hydroxylation sites is 1. The zero-order valence-corrected chi connectivity index (χ0v) is 10.1. The van der Waals surface area contributed by atoms with Crippen LogP contribution in [0.15, 0.2) is 35.1 Å². The van der Waals surface area contributed by atoms with E-state index in [1.165, 1.54) is 0 Å². The van der Waals surface area contributed by atoms with Gasteiger partial charge in [0.15, 0.2) is 0 Å². The van der Waals surface area contributed by atoms with Crippen molar-refractivity contribution < 1.29 is 0 Å². The molecule has 1 aromatic carbocycles. The van der Waals surface area contributed by atoms with Crippen molar-refractivity contribution in [1.29, 1.82) is 0 Å². The van der Waals surface area contributed by atoms with Crippen molar-refractivity contribution in [1.82, 2.24) is 14.8 Å². The third-order valence-corrected chi connectivity index (χ3v) is 2.72. The van der Waals surface area contributed by atoms with Crippen molar-refractivity contribution in [3.8, 4) is 5.69 Å². The van der Waals surface area contributed by atoms with E-state index in [9.17, 15) is 4.79 Å². The summed E-state index contributed by atoms with van der Waals surface area (Å²) in [6.45, 7) is 5.71. The number of hydrogen-bond acceptors (Lipinski definition) is 3. The predicted molar refractivity (Wildman–Crippen MR) is 67.7 cm³/mol. The minimum atomic E-state index is -0.210. The van der Waals surface area contributed by atoms with E-state index in [2.05, 4.69) is 10.2 Å². The van der Waals surface area contributed by atoms with Gasteiger partial charge in [0.05, 0.1) is 5.69 Å². The Morgan fingerprint density at radius 1 is 1.24 bits per heavy atom. The maximum atomic E-state index is 11.8. The average Bonchev–Trinajstić information content (AvgIpc) is 2.74. The molecule has 0 radical (unpaired) electrons. The second-order valence-electron chi connectivity index (χ2n) is 3.67. The number of aromatic amines is 1. The number of nitrogens with zero attached hydrogens (tertiary/aromatic N) is 3. The average molecular weight is 232 g/mol. The number of anilines is 1. The van der Waals surface area contributed by atoms with Crippen molar-refractivity contribution in [3.05, 3.63) is 40.8 Å². The Hall–Kier alpha value is -2.04. The van der Waals surface area contributed by atoms with Gasteiger partial charge in [0.1, 0.15) is 0 Å². The predicted octanol–water partition coefficient (Wildman–Crippen LogP) is 1.41. The van der Waals surface area contributed by atoms with Crippen LogP contribution in [0, 0.1) is 0 Å². The fourth-order valence-electron chi connectivity index (χ4n) is 1.82. The Morgan fingerprint density at radius 3 is 2.47 bits per heavy atom. The summed E-state index contributed by atoms with van der Waals surface area (Å²) < 4.78 is 1.59. The smallest absolute Gasteiger partial charge is 0.341 e. The van der Waals surface area contributed by atoms with E-state index < -0.39 is 0 Å². The van der Waals surface area contributed by atoms with Crippen LogP contribution < -0.4 is 10.6 Å². The molecule has 5 heteroatoms. The first-order chi connectivity index (χ1) is 8.27. The van der Waals surface area contributed by atoms with Crippen LogP contribution in [0.4, 0.5) is 5.95 Å². The summed E-state index contributed by atoms with van der Waals surface area (Å²) >= 11 is 0. The number of H-pyrrole nitrogens is 1. The first kappa shape index (κ1) is 11.4. The molecule has 1 heterocycles. The summed E-state index contributed by atoms with van der Waals surface area (Å²) in [6, 6.07) is 9.51. The van der Waals surface area contributed by atoms with E-state index in [1.807, 2.05) is 49.1 Å². The van der Waals surface area contributed by atoms with Gasteiger partial charge < -0.3 is 4.90 Å². The maximum Gasteiger partial charge on any atom is 0.349 e. The molecule has 1 aromatic heterocycles. The van der Waals surface area contributed by atoms with Crippen LogP contribution in [0.1, 0.15) is 13.8 Å². The topological polar surface area (TPSA) is 53.9 Å². The highest BCUT2D eigenvalue weighted by molar-refractivity contribution is 5.41. The molecular formula is C12H16N4O. The lowest BCUT2D eigenvalue weighted by atomic mass is 10.3. The van der Waals surface area contributed by atoms with Gasteiger partial charge in [0.25, 0.3) is 0 Å². The van der Waals surface area contributed by atoms with Crippen molar-refractivity contribution in [2.75, 3.05) is 18.0 Å². The fourth-order valence-corrected chi connectivity index (χ4v) is 1.82. The number of benzene rings is 1. The maximum absolute atomic E-state index is 11.8. The van der Waals surface area contributed by atoms with Crippen molar-refractivity contribution in [2.45, 2.75) is 13.8 Å². The molecule has 0 unspecified atom stereocenters. The second-order valence-corrected chi connectivity index (χ2v) is 3.67. The largest absolute Gasteiger partial charge is 0.349 e. The summed E-state index contributed by atoms with van der Waals surface area (Å²) in [4.78, 5) is 13.8. The van der Waals surface area contributed by atoms with E-state index in [4.69, 9.17) is 0 Å². The fraction of sp³-hybridized carbons (Fsp3) is 0.333. The molecule has 0 saturated heterocycles. The lowest BCUT2D eigenvalue weighted by Gasteiger charge is -2.19. The van der Waals surface area contributed by atoms with Crippen LogP contribution in [0.2, 0.25) is 0 Å². The van der Waals surface area contributed by atoms with E-state index in [0.717, 1.165) is 18.8 Å². The summed E-state index contributed by atoms with van der Waals surface area (Å²) in [5, 5.41) is 6.59. The van der Waals surface area contributed by atoms with E-state index >= 15 is 0 Å². The monoisotopic (exact) mass is 232 g/mol. The molecule has 0 amide bonds. The van der Waals surface area contributed by atoms with Crippen molar-refractivity contribution in [2.24, 2.45) is 0 Å². The minimum absolute atomic E-state index is 0.210. The van der Waals surface area contributed by atoms with Crippen molar-refractivity contribution >= 4 is 5.95 Å². The summed E-state index contributed by atoms with van der Waals surface area (Å²) in [6.07, 6.45) is 0. The molecule has 1 N–H and O–H groups in total. The third-order valence-electron chi connectivity index (χ3n) is 2.72. The highest BCUT2D eigenvalue weighted by Gasteiger charge is 2.14. The Morgan fingerprint density at radius 2 is 1.88 bits per heavy atom. The van der Waals surface area contributed by atoms with Gasteiger partial charge in [0, 0.05) is 13.1 Å². The normalized spacial score (nSPS) is 10.5. The molecule has 0 aliphatic rings. The minimum Gasteiger partial charge on any atom is -0.341 e. The zero-order valence-electron chi connectivity index (χ0n) is 10.1. The van der Waals surface area contributed by atoms with Gasteiger partial charge in [-0.2, -0.15) is 0 Å². The van der Waals surface area contributed by atoms with E-state index in [1.54, 1.807) is 4.57 Å². The van der Waals surface area contributed by atoms with Gasteiger partial charge in [-0.15, -0.1) is 5.10 Å². The van der Waals surface area contributed by atoms with Crippen LogP contribution in [0.25, 0.3) is 5.69 Å². The summed E-state index contributed by atoms with van der Waals surface area (Å²) in [5.41, 5.74) is 0.617. The second kappa shape index (κ2) is 4.86. The third kappa shape index (κ3) is 2.08.